The average molecular weight is 482 g/mol. The van der Waals surface area contributed by atoms with Crippen molar-refractivity contribution in [2.75, 3.05) is 0 Å². The maximum Gasteiger partial charge on any atom is 0.330 e. The van der Waals surface area contributed by atoms with E-state index in [1.54, 1.807) is 55.4 Å². The van der Waals surface area contributed by atoms with E-state index in [0.29, 0.717) is 0 Å². The fraction of sp³-hybridized carbons (Fsp3) is 0.700. The fourth-order valence-electron chi connectivity index (χ4n) is 4.45. The molecule has 1 spiro atoms. The smallest absolute Gasteiger partial charge is 0.298 e. The highest BCUT2D eigenvalue weighted by Crippen LogP contribution is 2.46. The van der Waals surface area contributed by atoms with E-state index in [1.807, 2.05) is 0 Å². The van der Waals surface area contributed by atoms with Gasteiger partial charge in [0.25, 0.3) is 6.04 Å². The van der Waals surface area contributed by atoms with E-state index in [-0.39, 0.29) is 12.0 Å². The van der Waals surface area contributed by atoms with Crippen molar-refractivity contribution < 1.29 is 19.6 Å². The van der Waals surface area contributed by atoms with Crippen LogP contribution in [0.25, 0.3) is 0 Å². The first kappa shape index (κ1) is 26.7. The molecule has 0 bridgehead atoms. The lowest BCUT2D eigenvalue weighted by molar-refractivity contribution is -0.513. The summed E-state index contributed by atoms with van der Waals surface area (Å²) in [4.78, 5) is 56.0. The van der Waals surface area contributed by atoms with E-state index < -0.39 is 62.0 Å². The number of nitro groups is 3. The molecule has 1 aliphatic heterocycles. The molecule has 1 heterocycles. The van der Waals surface area contributed by atoms with Gasteiger partial charge in [0.2, 0.25) is 5.96 Å². The zero-order chi connectivity index (χ0) is 26.3. The Hall–Kier alpha value is -3.58. The third kappa shape index (κ3) is 4.07. The maximum atomic E-state index is 13.9. The number of hydrogen-bond acceptors (Lipinski definition) is 8. The van der Waals surface area contributed by atoms with Gasteiger partial charge in [-0.15, -0.1) is 0 Å². The second-order valence-electron chi connectivity index (χ2n) is 9.26. The van der Waals surface area contributed by atoms with Gasteiger partial charge in [0.15, 0.2) is 0 Å². The van der Waals surface area contributed by atoms with E-state index in [9.17, 15) is 35.1 Å². The summed E-state index contributed by atoms with van der Waals surface area (Å²) in [6.07, 6.45) is 1.53. The topological polar surface area (TPSA) is 169 Å². The molecule has 0 aromatic rings. The first-order chi connectivity index (χ1) is 15.6. The first-order valence-corrected chi connectivity index (χ1v) is 11.0. The summed E-state index contributed by atoms with van der Waals surface area (Å²) in [6.45, 7) is 13.5. The van der Waals surface area contributed by atoms with Gasteiger partial charge in [-0.3, -0.25) is 45.0 Å². The summed E-state index contributed by atoms with van der Waals surface area (Å²) in [5.74, 6) is 0.0296. The van der Waals surface area contributed by atoms with Gasteiger partial charge >= 0.3 is 23.1 Å². The van der Waals surface area contributed by atoms with Crippen molar-refractivity contribution in [1.29, 1.82) is 0 Å². The number of carbonyl (C=O) groups excluding carboxylic acids is 1. The highest BCUT2D eigenvalue weighted by Gasteiger charge is 2.71. The highest BCUT2D eigenvalue weighted by molar-refractivity contribution is 6.01. The summed E-state index contributed by atoms with van der Waals surface area (Å²) in [6, 6.07) is -4.72. The fourth-order valence-corrected chi connectivity index (χ4v) is 4.45. The SMILES string of the molecule is CC(C)N=C1N(C(C)C)C(=O)N(C(C)C)C2(C([N+](=O)[O-])=CC([N+](=O)[O-])C=C2[N+](=O)[O-])N1C(C)C. The number of carbonyl (C=O) groups is 1. The van der Waals surface area contributed by atoms with E-state index in [2.05, 4.69) is 4.99 Å². The predicted molar refractivity (Wildman–Crippen MR) is 123 cm³/mol. The molecule has 0 aromatic heterocycles. The largest absolute Gasteiger partial charge is 0.330 e. The molecule has 1 fully saturated rings. The van der Waals surface area contributed by atoms with Crippen molar-refractivity contribution in [3.63, 3.8) is 0 Å². The van der Waals surface area contributed by atoms with Crippen molar-refractivity contribution in [3.8, 4) is 0 Å². The maximum absolute atomic E-state index is 13.9. The molecule has 34 heavy (non-hydrogen) atoms. The molecule has 0 aromatic carbocycles. The van der Waals surface area contributed by atoms with Crippen LogP contribution in [0, 0.1) is 30.3 Å². The molecule has 1 aliphatic carbocycles. The predicted octanol–water partition coefficient (Wildman–Crippen LogP) is 2.69. The Morgan fingerprint density at radius 1 is 0.824 bits per heavy atom. The minimum absolute atomic E-state index is 0.0296. The van der Waals surface area contributed by atoms with Gasteiger partial charge in [0, 0.05) is 29.1 Å². The molecule has 2 aliphatic rings. The molecular weight excluding hydrogens is 450 g/mol. The van der Waals surface area contributed by atoms with Crippen LogP contribution < -0.4 is 0 Å². The summed E-state index contributed by atoms with van der Waals surface area (Å²) in [7, 11) is 0. The molecule has 0 radical (unpaired) electrons. The lowest BCUT2D eigenvalue weighted by atomic mass is 9.86. The van der Waals surface area contributed by atoms with Crippen molar-refractivity contribution in [1.82, 2.24) is 14.7 Å². The van der Waals surface area contributed by atoms with Crippen LogP contribution in [-0.4, -0.2) is 77.3 Å². The molecule has 14 heteroatoms. The Morgan fingerprint density at radius 2 is 1.26 bits per heavy atom. The second kappa shape index (κ2) is 9.35. The molecule has 0 atom stereocenters. The zero-order valence-electron chi connectivity index (χ0n) is 20.5. The van der Waals surface area contributed by atoms with Crippen molar-refractivity contribution in [3.05, 3.63) is 53.9 Å². The molecule has 0 saturated carbocycles. The van der Waals surface area contributed by atoms with Crippen LogP contribution in [0.2, 0.25) is 0 Å². The van der Waals surface area contributed by atoms with Gasteiger partial charge in [-0.25, -0.2) is 9.79 Å². The van der Waals surface area contributed by atoms with Crippen LogP contribution in [0.1, 0.15) is 55.4 Å². The Bertz CT molecular complexity index is 952. The normalized spacial score (nSPS) is 24.6. The monoisotopic (exact) mass is 481 g/mol. The average Bonchev–Trinajstić information content (AvgIpc) is 2.65. The summed E-state index contributed by atoms with van der Waals surface area (Å²) >= 11 is 0. The molecule has 1 saturated heterocycles. The lowest BCUT2D eigenvalue weighted by Crippen LogP contribution is -2.79. The molecule has 14 nitrogen and oxygen atoms in total. The van der Waals surface area contributed by atoms with Crippen LogP contribution in [0.3, 0.4) is 0 Å². The Balaban J connectivity index is 3.18. The van der Waals surface area contributed by atoms with E-state index in [0.717, 1.165) is 17.1 Å². The third-order valence-electron chi connectivity index (χ3n) is 5.47. The van der Waals surface area contributed by atoms with Gasteiger partial charge in [-0.1, -0.05) is 0 Å². The zero-order valence-corrected chi connectivity index (χ0v) is 20.5. The van der Waals surface area contributed by atoms with Gasteiger partial charge in [-0.2, -0.15) is 0 Å². The number of nitrogens with zero attached hydrogens (tertiary/aromatic N) is 7. The van der Waals surface area contributed by atoms with E-state index >= 15 is 0 Å². The quantitative estimate of drug-likeness (QED) is 0.395. The van der Waals surface area contributed by atoms with Crippen LogP contribution in [0.15, 0.2) is 28.5 Å². The number of guanidine groups is 1. The number of urea groups is 1. The molecule has 188 valence electrons. The molecule has 2 rings (SSSR count). The van der Waals surface area contributed by atoms with Crippen LogP contribution in [-0.2, 0) is 0 Å². The minimum Gasteiger partial charge on any atom is -0.298 e. The molecule has 0 N–H and O–H groups in total. The number of aliphatic imine (C=N–C) groups is 1. The van der Waals surface area contributed by atoms with Gasteiger partial charge in [0.1, 0.15) is 0 Å². The molecule has 0 unspecified atom stereocenters. The Morgan fingerprint density at radius 3 is 1.56 bits per heavy atom. The summed E-state index contributed by atoms with van der Waals surface area (Å²) in [5, 5.41) is 36.3. The summed E-state index contributed by atoms with van der Waals surface area (Å²) < 4.78 is 0. The van der Waals surface area contributed by atoms with Gasteiger partial charge < -0.3 is 0 Å². The number of hydrogen-bond donors (Lipinski definition) is 0. The van der Waals surface area contributed by atoms with Crippen molar-refractivity contribution in [2.24, 2.45) is 4.99 Å². The van der Waals surface area contributed by atoms with Crippen molar-refractivity contribution >= 4 is 12.0 Å². The Labute approximate surface area is 197 Å². The van der Waals surface area contributed by atoms with Crippen LogP contribution in [0.4, 0.5) is 4.79 Å². The van der Waals surface area contributed by atoms with Gasteiger partial charge in [-0.05, 0) is 55.4 Å². The van der Waals surface area contributed by atoms with Crippen LogP contribution in [0.5, 0.6) is 0 Å². The molecular formula is C20H31N7O7. The van der Waals surface area contributed by atoms with E-state index in [1.165, 1.54) is 9.80 Å². The minimum atomic E-state index is -2.36. The number of rotatable bonds is 7. The first-order valence-electron chi connectivity index (χ1n) is 11.0. The second-order valence-corrected chi connectivity index (χ2v) is 9.26. The Kier molecular flexibility index (Phi) is 7.33. The van der Waals surface area contributed by atoms with Gasteiger partial charge in [0.05, 0.1) is 22.0 Å². The lowest BCUT2D eigenvalue weighted by Gasteiger charge is -2.57. The highest BCUT2D eigenvalue weighted by atomic mass is 16.6. The number of amides is 2. The van der Waals surface area contributed by atoms with E-state index in [4.69, 9.17) is 0 Å². The summed E-state index contributed by atoms with van der Waals surface area (Å²) in [5.41, 5.74) is -4.03. The van der Waals surface area contributed by atoms with Crippen LogP contribution >= 0.6 is 0 Å². The third-order valence-corrected chi connectivity index (χ3v) is 5.47. The standard InChI is InChI=1S/C20H31N7O7/c1-11(2)21-18-22(12(3)4)19(28)24(14(7)8)20(23(18)13(5)6)16(26(31)32)9-15(25(29)30)10-17(20)27(33)34/h9-15H,1-8H3. The van der Waals surface area contributed by atoms with Crippen molar-refractivity contribution in [2.45, 2.75) is 91.3 Å². The molecule has 2 amide bonds.